The molecule has 1 N–H and O–H groups in total. The lowest BCUT2D eigenvalue weighted by atomic mass is 10.1. The van der Waals surface area contributed by atoms with Gasteiger partial charge in [0.1, 0.15) is 23.0 Å². The molecule has 4 aromatic rings. The molecule has 0 amide bonds. The van der Waals surface area contributed by atoms with Crippen LogP contribution in [0.2, 0.25) is 5.02 Å². The number of rotatable bonds is 9. The summed E-state index contributed by atoms with van der Waals surface area (Å²) < 4.78 is 18.2. The maximum atomic E-state index is 10.9. The zero-order valence-corrected chi connectivity index (χ0v) is 19.3. The molecule has 0 saturated heterocycles. The van der Waals surface area contributed by atoms with E-state index < -0.39 is 5.97 Å². The number of aryl methyl sites for hydroxylation is 2. The first-order chi connectivity index (χ1) is 16.4. The Morgan fingerprint density at radius 1 is 0.735 bits per heavy atom. The van der Waals surface area contributed by atoms with Gasteiger partial charge in [-0.05, 0) is 73.0 Å². The molecule has 0 atom stereocenters. The summed E-state index contributed by atoms with van der Waals surface area (Å²) in [5.74, 6) is 2.66. The Hall–Kier alpha value is -3.96. The van der Waals surface area contributed by atoms with Crippen LogP contribution >= 0.6 is 11.6 Å². The third-order valence-electron chi connectivity index (χ3n) is 4.89. The molecule has 0 aliphatic carbocycles. The van der Waals surface area contributed by atoms with Gasteiger partial charge in [-0.2, -0.15) is 0 Å². The maximum absolute atomic E-state index is 10.9. The topological polar surface area (TPSA) is 65.0 Å². The van der Waals surface area contributed by atoms with Crippen LogP contribution in [0.25, 0.3) is 0 Å². The summed E-state index contributed by atoms with van der Waals surface area (Å²) in [6.07, 6.45) is 0.510. The van der Waals surface area contributed by atoms with Crippen molar-refractivity contribution in [2.75, 3.05) is 0 Å². The lowest BCUT2D eigenvalue weighted by Gasteiger charge is -2.14. The smallest absolute Gasteiger partial charge is 0.303 e. The van der Waals surface area contributed by atoms with Crippen LogP contribution in [0.4, 0.5) is 0 Å². The van der Waals surface area contributed by atoms with Crippen LogP contribution in [-0.4, -0.2) is 11.1 Å². The number of carboxylic acid groups (broad SMARTS) is 1. The molecule has 4 rings (SSSR count). The Balaban J connectivity index is 1.54. The molecular weight excluding hydrogens is 452 g/mol. The molecule has 34 heavy (non-hydrogen) atoms. The van der Waals surface area contributed by atoms with Crippen molar-refractivity contribution in [2.45, 2.75) is 19.8 Å². The summed E-state index contributed by atoms with van der Waals surface area (Å²) in [7, 11) is 0. The van der Waals surface area contributed by atoms with Crippen molar-refractivity contribution in [3.63, 3.8) is 0 Å². The van der Waals surface area contributed by atoms with Gasteiger partial charge in [-0.25, -0.2) is 0 Å². The molecule has 0 unspecified atom stereocenters. The number of carboxylic acids is 1. The quantitative estimate of drug-likeness (QED) is 0.266. The van der Waals surface area contributed by atoms with Gasteiger partial charge in [0, 0.05) is 23.6 Å². The number of hydrogen-bond donors (Lipinski definition) is 1. The summed E-state index contributed by atoms with van der Waals surface area (Å²) in [6.45, 7) is 1.95. The van der Waals surface area contributed by atoms with Gasteiger partial charge in [0.25, 0.3) is 0 Å². The highest BCUT2D eigenvalue weighted by atomic mass is 35.5. The van der Waals surface area contributed by atoms with Gasteiger partial charge in [-0.1, -0.05) is 41.9 Å². The van der Waals surface area contributed by atoms with Crippen LogP contribution in [0.5, 0.6) is 34.5 Å². The largest absolute Gasteiger partial charge is 0.481 e. The molecular formula is C28H23ClO5. The van der Waals surface area contributed by atoms with E-state index in [-0.39, 0.29) is 6.42 Å². The van der Waals surface area contributed by atoms with E-state index in [4.69, 9.17) is 30.9 Å². The maximum Gasteiger partial charge on any atom is 0.303 e. The Morgan fingerprint density at radius 2 is 1.44 bits per heavy atom. The van der Waals surface area contributed by atoms with Crippen LogP contribution in [0.1, 0.15) is 17.5 Å². The van der Waals surface area contributed by atoms with Crippen LogP contribution in [-0.2, 0) is 11.2 Å². The molecule has 0 heterocycles. The summed E-state index contributed by atoms with van der Waals surface area (Å²) in [5.41, 5.74) is 1.85. The first kappa shape index (κ1) is 23.2. The van der Waals surface area contributed by atoms with E-state index in [1.54, 1.807) is 24.3 Å². The number of hydrogen-bond acceptors (Lipinski definition) is 4. The first-order valence-corrected chi connectivity index (χ1v) is 11.1. The van der Waals surface area contributed by atoms with Crippen molar-refractivity contribution in [1.82, 2.24) is 0 Å². The van der Waals surface area contributed by atoms with Crippen LogP contribution in [0, 0.1) is 6.92 Å². The third kappa shape index (κ3) is 6.53. The van der Waals surface area contributed by atoms with Gasteiger partial charge in [-0.3, -0.25) is 4.79 Å². The molecule has 0 spiro atoms. The minimum atomic E-state index is -0.829. The molecule has 4 aromatic carbocycles. The molecule has 5 nitrogen and oxygen atoms in total. The van der Waals surface area contributed by atoms with E-state index in [2.05, 4.69) is 0 Å². The normalized spacial score (nSPS) is 10.5. The van der Waals surface area contributed by atoms with Crippen molar-refractivity contribution in [2.24, 2.45) is 0 Å². The zero-order valence-electron chi connectivity index (χ0n) is 18.5. The Bertz CT molecular complexity index is 1290. The summed E-state index contributed by atoms with van der Waals surface area (Å²) in [4.78, 5) is 10.9. The molecule has 0 aliphatic heterocycles. The van der Waals surface area contributed by atoms with Gasteiger partial charge in [0.15, 0.2) is 11.5 Å². The number of carbonyl (C=O) groups is 1. The zero-order chi connectivity index (χ0) is 23.9. The van der Waals surface area contributed by atoms with Crippen LogP contribution in [0.3, 0.4) is 0 Å². The monoisotopic (exact) mass is 474 g/mol. The molecule has 0 bridgehead atoms. The minimum absolute atomic E-state index is 0.0698. The Labute approximate surface area is 203 Å². The summed E-state index contributed by atoms with van der Waals surface area (Å²) in [5, 5.41) is 9.45. The summed E-state index contributed by atoms with van der Waals surface area (Å²) >= 11 is 6.19. The second kappa shape index (κ2) is 10.8. The first-order valence-electron chi connectivity index (χ1n) is 10.8. The van der Waals surface area contributed by atoms with Gasteiger partial charge >= 0.3 is 5.97 Å². The number of ether oxygens (including phenoxy) is 3. The van der Waals surface area contributed by atoms with Crippen molar-refractivity contribution in [3.8, 4) is 34.5 Å². The molecule has 0 fully saturated rings. The van der Waals surface area contributed by atoms with Crippen molar-refractivity contribution in [3.05, 3.63) is 107 Å². The lowest BCUT2D eigenvalue weighted by molar-refractivity contribution is -0.136. The lowest BCUT2D eigenvalue weighted by Crippen LogP contribution is -1.97. The highest BCUT2D eigenvalue weighted by Crippen LogP contribution is 2.38. The molecule has 0 aromatic heterocycles. The van der Waals surface area contributed by atoms with Gasteiger partial charge in [0.05, 0.1) is 0 Å². The number of benzene rings is 4. The predicted octanol–water partition coefficient (Wildman–Crippen LogP) is 8.04. The predicted molar refractivity (Wildman–Crippen MR) is 132 cm³/mol. The van der Waals surface area contributed by atoms with E-state index in [1.807, 2.05) is 73.7 Å². The molecule has 0 radical (unpaired) electrons. The Morgan fingerprint density at radius 3 is 2.21 bits per heavy atom. The van der Waals surface area contributed by atoms with Gasteiger partial charge in [-0.15, -0.1) is 0 Å². The molecule has 0 saturated carbocycles. The van der Waals surface area contributed by atoms with Crippen LogP contribution in [0.15, 0.2) is 91.0 Å². The van der Waals surface area contributed by atoms with E-state index in [9.17, 15) is 4.79 Å². The fourth-order valence-corrected chi connectivity index (χ4v) is 3.53. The summed E-state index contributed by atoms with van der Waals surface area (Å²) in [6, 6.07) is 27.6. The number of aliphatic carboxylic acids is 1. The average Bonchev–Trinajstić information content (AvgIpc) is 2.80. The second-order valence-electron chi connectivity index (χ2n) is 7.73. The van der Waals surface area contributed by atoms with E-state index in [0.29, 0.717) is 45.9 Å². The highest BCUT2D eigenvalue weighted by molar-refractivity contribution is 6.30. The van der Waals surface area contributed by atoms with Gasteiger partial charge in [0.2, 0.25) is 0 Å². The molecule has 0 aliphatic rings. The molecule has 172 valence electrons. The van der Waals surface area contributed by atoms with Crippen molar-refractivity contribution < 1.29 is 24.1 Å². The highest BCUT2D eigenvalue weighted by Gasteiger charge is 2.11. The minimum Gasteiger partial charge on any atom is -0.481 e. The molecule has 6 heteroatoms. The van der Waals surface area contributed by atoms with E-state index >= 15 is 0 Å². The Kier molecular flexibility index (Phi) is 7.35. The fourth-order valence-electron chi connectivity index (χ4n) is 3.37. The number of halogens is 1. The average molecular weight is 475 g/mol. The fraction of sp³-hybridized carbons (Fsp3) is 0.107. The standard InChI is InChI=1S/C28H23ClO5/c1-19-14-24(32-23-9-5-6-20(16-23)10-13-28(30)31)18-25(15-19)34-26-12-11-21(29)17-27(26)33-22-7-3-2-4-8-22/h2-9,11-12,14-18H,10,13H2,1H3,(H,30,31). The van der Waals surface area contributed by atoms with E-state index in [1.165, 1.54) is 0 Å². The number of para-hydroxylation sites is 1. The third-order valence-corrected chi connectivity index (χ3v) is 5.13. The SMILES string of the molecule is Cc1cc(Oc2cccc(CCC(=O)O)c2)cc(Oc2ccc(Cl)cc2Oc2ccccc2)c1. The van der Waals surface area contributed by atoms with Gasteiger partial charge < -0.3 is 19.3 Å². The van der Waals surface area contributed by atoms with Crippen molar-refractivity contribution in [1.29, 1.82) is 0 Å². The second-order valence-corrected chi connectivity index (χ2v) is 8.17. The van der Waals surface area contributed by atoms with Crippen LogP contribution < -0.4 is 14.2 Å². The van der Waals surface area contributed by atoms with E-state index in [0.717, 1.165) is 11.1 Å². The van der Waals surface area contributed by atoms with Crippen molar-refractivity contribution >= 4 is 17.6 Å².